The molecular weight excluding hydrogens is 326 g/mol. The highest BCUT2D eigenvalue weighted by Gasteiger charge is 2.29. The normalized spacial score (nSPS) is 19.0. The van der Waals surface area contributed by atoms with Gasteiger partial charge in [-0.15, -0.1) is 0 Å². The van der Waals surface area contributed by atoms with Crippen LogP contribution in [0.1, 0.15) is 32.1 Å². The number of aromatic nitrogens is 1. The number of sulfonamides is 1. The molecule has 0 saturated heterocycles. The summed E-state index contributed by atoms with van der Waals surface area (Å²) in [5, 5.41) is -0.158. The molecule has 0 spiro atoms. The SMILES string of the molecule is CS(=O)(=O)c1ccc(S(=O)(=O)NCC2(N)CCCCC2)cn1. The van der Waals surface area contributed by atoms with Crippen LogP contribution in [-0.4, -0.2) is 40.2 Å². The molecule has 0 atom stereocenters. The Bertz CT molecular complexity index is 721. The van der Waals surface area contributed by atoms with E-state index >= 15 is 0 Å². The van der Waals surface area contributed by atoms with Crippen LogP contribution in [0.15, 0.2) is 28.3 Å². The van der Waals surface area contributed by atoms with Gasteiger partial charge in [0, 0.05) is 24.5 Å². The van der Waals surface area contributed by atoms with E-state index in [1.54, 1.807) is 0 Å². The van der Waals surface area contributed by atoms with Gasteiger partial charge in [-0.1, -0.05) is 19.3 Å². The summed E-state index contributed by atoms with van der Waals surface area (Å²) in [7, 11) is -7.20. The zero-order valence-corrected chi connectivity index (χ0v) is 14.1. The molecule has 0 amide bonds. The Morgan fingerprint density at radius 1 is 1.18 bits per heavy atom. The minimum Gasteiger partial charge on any atom is -0.324 e. The first-order chi connectivity index (χ1) is 10.1. The average Bonchev–Trinajstić information content (AvgIpc) is 2.46. The van der Waals surface area contributed by atoms with E-state index in [1.807, 2.05) is 0 Å². The van der Waals surface area contributed by atoms with Crippen molar-refractivity contribution in [2.75, 3.05) is 12.8 Å². The molecule has 0 aromatic carbocycles. The van der Waals surface area contributed by atoms with E-state index in [9.17, 15) is 16.8 Å². The first-order valence-electron chi connectivity index (χ1n) is 7.07. The van der Waals surface area contributed by atoms with Crippen molar-refractivity contribution < 1.29 is 16.8 Å². The van der Waals surface area contributed by atoms with Crippen LogP contribution in [-0.2, 0) is 19.9 Å². The van der Waals surface area contributed by atoms with E-state index in [0.717, 1.165) is 44.6 Å². The van der Waals surface area contributed by atoms with E-state index in [4.69, 9.17) is 5.73 Å². The number of nitrogens with one attached hydrogen (secondary N) is 1. The van der Waals surface area contributed by atoms with Gasteiger partial charge < -0.3 is 5.73 Å². The van der Waals surface area contributed by atoms with Crippen LogP contribution in [0.25, 0.3) is 0 Å². The third-order valence-corrected chi connectivity index (χ3v) is 6.25. The molecule has 3 N–H and O–H groups in total. The largest absolute Gasteiger partial charge is 0.324 e. The third-order valence-electron chi connectivity index (χ3n) is 3.86. The molecule has 1 saturated carbocycles. The summed E-state index contributed by atoms with van der Waals surface area (Å²) in [6.45, 7) is 0.170. The molecule has 0 radical (unpaired) electrons. The van der Waals surface area contributed by atoms with Crippen LogP contribution < -0.4 is 10.5 Å². The van der Waals surface area contributed by atoms with Crippen molar-refractivity contribution in [2.24, 2.45) is 5.73 Å². The van der Waals surface area contributed by atoms with Crippen molar-refractivity contribution in [2.45, 2.75) is 47.6 Å². The maximum Gasteiger partial charge on any atom is 0.242 e. The Kier molecular flexibility index (Phi) is 4.90. The minimum absolute atomic E-state index is 0.0701. The molecule has 1 aliphatic carbocycles. The zero-order valence-electron chi connectivity index (χ0n) is 12.4. The molecule has 0 unspecified atom stereocenters. The van der Waals surface area contributed by atoms with Crippen molar-refractivity contribution in [1.29, 1.82) is 0 Å². The van der Waals surface area contributed by atoms with Crippen LogP contribution >= 0.6 is 0 Å². The monoisotopic (exact) mass is 347 g/mol. The molecule has 1 aliphatic rings. The highest BCUT2D eigenvalue weighted by molar-refractivity contribution is 7.90. The predicted octanol–water partition coefficient (Wildman–Crippen LogP) is 0.425. The molecule has 7 nitrogen and oxygen atoms in total. The summed E-state index contributed by atoms with van der Waals surface area (Å²) in [6.07, 6.45) is 6.78. The van der Waals surface area contributed by atoms with E-state index in [1.165, 1.54) is 12.1 Å². The summed E-state index contributed by atoms with van der Waals surface area (Å²) in [6, 6.07) is 2.42. The van der Waals surface area contributed by atoms with Crippen LogP contribution in [0.3, 0.4) is 0 Å². The maximum absolute atomic E-state index is 12.2. The zero-order chi connectivity index (χ0) is 16.4. The molecule has 2 rings (SSSR count). The van der Waals surface area contributed by atoms with Crippen molar-refractivity contribution in [3.05, 3.63) is 18.3 Å². The highest BCUT2D eigenvalue weighted by Crippen LogP contribution is 2.25. The predicted molar refractivity (Wildman–Crippen MR) is 82.5 cm³/mol. The average molecular weight is 347 g/mol. The number of nitrogens with zero attached hydrogens (tertiary/aromatic N) is 1. The summed E-state index contributed by atoms with van der Waals surface area (Å²) in [5.41, 5.74) is 5.70. The summed E-state index contributed by atoms with van der Waals surface area (Å²) < 4.78 is 49.6. The maximum atomic E-state index is 12.2. The van der Waals surface area contributed by atoms with Crippen molar-refractivity contribution >= 4 is 19.9 Å². The fourth-order valence-electron chi connectivity index (χ4n) is 2.50. The Labute approximate surface area is 131 Å². The molecule has 1 heterocycles. The van der Waals surface area contributed by atoms with Gasteiger partial charge in [0.05, 0.1) is 0 Å². The quantitative estimate of drug-likeness (QED) is 0.797. The van der Waals surface area contributed by atoms with E-state index < -0.39 is 25.4 Å². The van der Waals surface area contributed by atoms with Gasteiger partial charge in [-0.25, -0.2) is 26.5 Å². The summed E-state index contributed by atoms with van der Waals surface area (Å²) in [5.74, 6) is 0. The van der Waals surface area contributed by atoms with Gasteiger partial charge in [-0.3, -0.25) is 0 Å². The lowest BCUT2D eigenvalue weighted by atomic mass is 9.83. The second kappa shape index (κ2) is 6.23. The smallest absolute Gasteiger partial charge is 0.242 e. The third kappa shape index (κ3) is 4.25. The van der Waals surface area contributed by atoms with E-state index in [2.05, 4.69) is 9.71 Å². The molecule has 1 aromatic rings. The van der Waals surface area contributed by atoms with Crippen molar-refractivity contribution in [3.63, 3.8) is 0 Å². The Morgan fingerprint density at radius 3 is 2.32 bits per heavy atom. The Morgan fingerprint density at radius 2 is 1.82 bits per heavy atom. The van der Waals surface area contributed by atoms with Gasteiger partial charge in [0.1, 0.15) is 4.90 Å². The fraction of sp³-hybridized carbons (Fsp3) is 0.615. The number of sulfone groups is 1. The molecular formula is C13H21N3O4S2. The van der Waals surface area contributed by atoms with Gasteiger partial charge in [0.15, 0.2) is 14.9 Å². The minimum atomic E-state index is -3.75. The highest BCUT2D eigenvalue weighted by atomic mass is 32.2. The molecule has 22 heavy (non-hydrogen) atoms. The van der Waals surface area contributed by atoms with Crippen LogP contribution in [0, 0.1) is 0 Å². The van der Waals surface area contributed by atoms with E-state index in [-0.39, 0.29) is 16.5 Å². The lowest BCUT2D eigenvalue weighted by Gasteiger charge is -2.33. The van der Waals surface area contributed by atoms with Crippen molar-refractivity contribution in [1.82, 2.24) is 9.71 Å². The van der Waals surface area contributed by atoms with Crippen LogP contribution in [0.5, 0.6) is 0 Å². The Hall–Kier alpha value is -1.03. The van der Waals surface area contributed by atoms with Gasteiger partial charge in [-0.2, -0.15) is 0 Å². The van der Waals surface area contributed by atoms with Crippen LogP contribution in [0.2, 0.25) is 0 Å². The number of pyridine rings is 1. The standard InChI is InChI=1S/C13H21N3O4S2/c1-21(17,18)12-6-5-11(9-15-12)22(19,20)16-10-13(14)7-3-2-4-8-13/h5-6,9,16H,2-4,7-8,10,14H2,1H3. The van der Waals surface area contributed by atoms with Crippen LogP contribution in [0.4, 0.5) is 0 Å². The molecule has 1 aromatic heterocycles. The number of hydrogen-bond donors (Lipinski definition) is 2. The lowest BCUT2D eigenvalue weighted by molar-refractivity contribution is 0.296. The van der Waals surface area contributed by atoms with Gasteiger partial charge in [0.2, 0.25) is 10.0 Å². The van der Waals surface area contributed by atoms with Crippen molar-refractivity contribution in [3.8, 4) is 0 Å². The fourth-order valence-corrected chi connectivity index (χ4v) is 4.14. The molecule has 9 heteroatoms. The molecule has 0 aliphatic heterocycles. The summed E-state index contributed by atoms with van der Waals surface area (Å²) in [4.78, 5) is 3.62. The number of hydrogen-bond acceptors (Lipinski definition) is 6. The number of nitrogens with two attached hydrogens (primary N) is 1. The molecule has 0 bridgehead atoms. The van der Waals surface area contributed by atoms with Gasteiger partial charge in [0.25, 0.3) is 0 Å². The van der Waals surface area contributed by atoms with Gasteiger partial charge in [-0.05, 0) is 25.0 Å². The second-order valence-electron chi connectivity index (χ2n) is 5.85. The molecule has 124 valence electrons. The van der Waals surface area contributed by atoms with Gasteiger partial charge >= 0.3 is 0 Å². The topological polar surface area (TPSA) is 119 Å². The first-order valence-corrected chi connectivity index (χ1v) is 10.4. The van der Waals surface area contributed by atoms with E-state index in [0.29, 0.717) is 0 Å². The summed E-state index contributed by atoms with van der Waals surface area (Å²) >= 11 is 0. The first kappa shape index (κ1) is 17.3. The Balaban J connectivity index is 2.10. The second-order valence-corrected chi connectivity index (χ2v) is 9.58. The lowest BCUT2D eigenvalue weighted by Crippen LogP contribution is -2.51. The molecule has 1 fully saturated rings. The number of rotatable bonds is 5.